The highest BCUT2D eigenvalue weighted by atomic mass is 16.4. The summed E-state index contributed by atoms with van der Waals surface area (Å²) in [7, 11) is 1.97. The summed E-state index contributed by atoms with van der Waals surface area (Å²) in [6.45, 7) is 0. The number of aromatic carboxylic acids is 1. The number of hydrogen-bond donors (Lipinski definition) is 1. The van der Waals surface area contributed by atoms with E-state index in [1.807, 2.05) is 7.05 Å². The smallest absolute Gasteiger partial charge is 0.337 e. The van der Waals surface area contributed by atoms with Crippen molar-refractivity contribution in [2.45, 2.75) is 38.1 Å². The van der Waals surface area contributed by atoms with E-state index in [0.29, 0.717) is 11.6 Å². The van der Waals surface area contributed by atoms with Gasteiger partial charge < -0.3 is 10.0 Å². The topological polar surface area (TPSA) is 53.4 Å². The highest BCUT2D eigenvalue weighted by Gasteiger charge is 2.22. The molecule has 4 nitrogen and oxygen atoms in total. The largest absolute Gasteiger partial charge is 0.478 e. The van der Waals surface area contributed by atoms with Crippen molar-refractivity contribution in [2.75, 3.05) is 11.9 Å². The van der Waals surface area contributed by atoms with Gasteiger partial charge in [0.25, 0.3) is 0 Å². The van der Waals surface area contributed by atoms with Crippen LogP contribution < -0.4 is 4.90 Å². The second-order valence-corrected chi connectivity index (χ2v) is 4.60. The monoisotopic (exact) mass is 234 g/mol. The molecular formula is C13H18N2O2. The zero-order chi connectivity index (χ0) is 12.3. The molecular weight excluding hydrogens is 216 g/mol. The summed E-state index contributed by atoms with van der Waals surface area (Å²) in [6.07, 6.45) is 9.23. The van der Waals surface area contributed by atoms with Crippen LogP contribution in [0.2, 0.25) is 0 Å². The number of hydrogen-bond acceptors (Lipinski definition) is 3. The lowest BCUT2D eigenvalue weighted by Gasteiger charge is -2.33. The zero-order valence-electron chi connectivity index (χ0n) is 10.1. The van der Waals surface area contributed by atoms with Crippen LogP contribution in [0.1, 0.15) is 42.5 Å². The average molecular weight is 234 g/mol. The fourth-order valence-electron chi connectivity index (χ4n) is 2.51. The predicted octanol–water partition coefficient (Wildman–Crippen LogP) is 2.55. The minimum absolute atomic E-state index is 0.341. The molecule has 1 aliphatic rings. The molecule has 0 saturated heterocycles. The van der Waals surface area contributed by atoms with E-state index in [0.717, 1.165) is 18.5 Å². The summed E-state index contributed by atoms with van der Waals surface area (Å²) in [6, 6.07) is 2.02. The first-order valence-electron chi connectivity index (χ1n) is 6.10. The summed E-state index contributed by atoms with van der Waals surface area (Å²) < 4.78 is 0. The Morgan fingerprint density at radius 1 is 1.41 bits per heavy atom. The molecule has 0 bridgehead atoms. The van der Waals surface area contributed by atoms with E-state index < -0.39 is 5.97 Å². The van der Waals surface area contributed by atoms with Crippen molar-refractivity contribution in [1.29, 1.82) is 0 Å². The van der Waals surface area contributed by atoms with E-state index in [1.54, 1.807) is 12.3 Å². The van der Waals surface area contributed by atoms with E-state index in [2.05, 4.69) is 9.88 Å². The predicted molar refractivity (Wildman–Crippen MR) is 66.5 cm³/mol. The van der Waals surface area contributed by atoms with Gasteiger partial charge in [0.1, 0.15) is 0 Å². The lowest BCUT2D eigenvalue weighted by atomic mass is 9.94. The van der Waals surface area contributed by atoms with Crippen LogP contribution >= 0.6 is 0 Å². The summed E-state index contributed by atoms with van der Waals surface area (Å²) in [5.74, 6) is -0.884. The Morgan fingerprint density at radius 2 is 2.12 bits per heavy atom. The number of carboxylic acid groups (broad SMARTS) is 1. The number of carboxylic acids is 1. The summed E-state index contributed by atoms with van der Waals surface area (Å²) in [5.41, 5.74) is 1.07. The van der Waals surface area contributed by atoms with Crippen LogP contribution in [0.15, 0.2) is 18.5 Å². The minimum Gasteiger partial charge on any atom is -0.478 e. The number of rotatable bonds is 3. The van der Waals surface area contributed by atoms with Gasteiger partial charge in [-0.05, 0) is 18.9 Å². The Kier molecular flexibility index (Phi) is 3.61. The molecule has 1 saturated carbocycles. The van der Waals surface area contributed by atoms with Gasteiger partial charge in [0, 0.05) is 19.3 Å². The third-order valence-corrected chi connectivity index (χ3v) is 3.53. The molecule has 0 spiro atoms. The van der Waals surface area contributed by atoms with Crippen LogP contribution in [0.3, 0.4) is 0 Å². The molecule has 1 aromatic heterocycles. The van der Waals surface area contributed by atoms with Crippen molar-refractivity contribution in [3.8, 4) is 0 Å². The lowest BCUT2D eigenvalue weighted by molar-refractivity contribution is 0.0697. The first-order valence-corrected chi connectivity index (χ1v) is 6.10. The molecule has 92 valence electrons. The standard InChI is InChI=1S/C13H18N2O2/c1-15(10-5-3-2-4-6-10)12-9-14-8-7-11(12)13(16)17/h7-10H,2-6H2,1H3,(H,16,17). The summed E-state index contributed by atoms with van der Waals surface area (Å²) in [5, 5.41) is 9.16. The Morgan fingerprint density at radius 3 is 2.76 bits per heavy atom. The summed E-state index contributed by atoms with van der Waals surface area (Å²) >= 11 is 0. The Hall–Kier alpha value is -1.58. The van der Waals surface area contributed by atoms with Gasteiger partial charge in [-0.2, -0.15) is 0 Å². The maximum atomic E-state index is 11.2. The first kappa shape index (κ1) is 11.9. The van der Waals surface area contributed by atoms with Crippen LogP contribution in [-0.4, -0.2) is 29.1 Å². The van der Waals surface area contributed by atoms with E-state index in [9.17, 15) is 4.79 Å². The molecule has 0 unspecified atom stereocenters. The normalized spacial score (nSPS) is 16.8. The van der Waals surface area contributed by atoms with Crippen molar-refractivity contribution in [2.24, 2.45) is 0 Å². The first-order chi connectivity index (χ1) is 8.20. The lowest BCUT2D eigenvalue weighted by Crippen LogP contribution is -2.34. The number of nitrogens with zero attached hydrogens (tertiary/aromatic N) is 2. The minimum atomic E-state index is -0.884. The third-order valence-electron chi connectivity index (χ3n) is 3.53. The van der Waals surface area contributed by atoms with Crippen LogP contribution in [0.5, 0.6) is 0 Å². The third kappa shape index (κ3) is 2.57. The van der Waals surface area contributed by atoms with Crippen molar-refractivity contribution < 1.29 is 9.90 Å². The van der Waals surface area contributed by atoms with Crippen molar-refractivity contribution in [3.05, 3.63) is 24.0 Å². The number of anilines is 1. The number of pyridine rings is 1. The van der Waals surface area contributed by atoms with Gasteiger partial charge in [-0.15, -0.1) is 0 Å². The van der Waals surface area contributed by atoms with E-state index in [1.165, 1.54) is 25.5 Å². The van der Waals surface area contributed by atoms with Gasteiger partial charge in [0.05, 0.1) is 17.4 Å². The van der Waals surface area contributed by atoms with Crippen molar-refractivity contribution >= 4 is 11.7 Å². The van der Waals surface area contributed by atoms with E-state index in [4.69, 9.17) is 5.11 Å². The fraction of sp³-hybridized carbons (Fsp3) is 0.538. The molecule has 17 heavy (non-hydrogen) atoms. The molecule has 2 rings (SSSR count). The highest BCUT2D eigenvalue weighted by molar-refractivity contribution is 5.94. The van der Waals surface area contributed by atoms with Gasteiger partial charge >= 0.3 is 5.97 Å². The second kappa shape index (κ2) is 5.17. The maximum absolute atomic E-state index is 11.2. The van der Waals surface area contributed by atoms with Gasteiger partial charge in [-0.3, -0.25) is 4.98 Å². The Bertz CT molecular complexity index is 400. The van der Waals surface area contributed by atoms with E-state index >= 15 is 0 Å². The molecule has 0 aromatic carbocycles. The van der Waals surface area contributed by atoms with Crippen molar-refractivity contribution in [3.63, 3.8) is 0 Å². The molecule has 1 fully saturated rings. The van der Waals surface area contributed by atoms with Gasteiger partial charge in [0.2, 0.25) is 0 Å². The Balaban J connectivity index is 2.23. The van der Waals surface area contributed by atoms with Gasteiger partial charge in [-0.1, -0.05) is 19.3 Å². The molecule has 1 aliphatic carbocycles. The van der Waals surface area contributed by atoms with Crippen LogP contribution in [0.4, 0.5) is 5.69 Å². The summed E-state index contributed by atoms with van der Waals surface area (Å²) in [4.78, 5) is 17.3. The molecule has 1 heterocycles. The average Bonchev–Trinajstić information content (AvgIpc) is 2.39. The number of aromatic nitrogens is 1. The Labute approximate surface area is 101 Å². The number of carbonyl (C=O) groups is 1. The van der Waals surface area contributed by atoms with E-state index in [-0.39, 0.29) is 0 Å². The van der Waals surface area contributed by atoms with Crippen LogP contribution in [-0.2, 0) is 0 Å². The second-order valence-electron chi connectivity index (χ2n) is 4.60. The molecule has 0 aliphatic heterocycles. The van der Waals surface area contributed by atoms with Crippen LogP contribution in [0.25, 0.3) is 0 Å². The molecule has 4 heteroatoms. The van der Waals surface area contributed by atoms with Crippen LogP contribution in [0, 0.1) is 0 Å². The molecule has 1 N–H and O–H groups in total. The molecule has 0 amide bonds. The quantitative estimate of drug-likeness (QED) is 0.873. The SMILES string of the molecule is CN(c1cnccc1C(=O)O)C1CCCCC1. The molecule has 1 aromatic rings. The van der Waals surface area contributed by atoms with Gasteiger partial charge in [-0.25, -0.2) is 4.79 Å². The fourth-order valence-corrected chi connectivity index (χ4v) is 2.51. The highest BCUT2D eigenvalue weighted by Crippen LogP contribution is 2.27. The molecule has 0 radical (unpaired) electrons. The maximum Gasteiger partial charge on any atom is 0.337 e. The zero-order valence-corrected chi connectivity index (χ0v) is 10.1. The van der Waals surface area contributed by atoms with Crippen molar-refractivity contribution in [1.82, 2.24) is 4.98 Å². The molecule has 0 atom stereocenters. The van der Waals surface area contributed by atoms with Gasteiger partial charge in [0.15, 0.2) is 0 Å².